The summed E-state index contributed by atoms with van der Waals surface area (Å²) in [4.78, 5) is 0. The van der Waals surface area contributed by atoms with Crippen LogP contribution in [-0.4, -0.2) is 0 Å². The average molecular weight is 406 g/mol. The number of rotatable bonds is 4. The molecule has 106 valence electrons. The Labute approximate surface area is 132 Å². The van der Waals surface area contributed by atoms with E-state index in [-0.39, 0.29) is 11.6 Å². The lowest BCUT2D eigenvalue weighted by molar-refractivity contribution is 0.521. The zero-order valence-corrected chi connectivity index (χ0v) is 13.5. The van der Waals surface area contributed by atoms with Gasteiger partial charge in [0.2, 0.25) is 0 Å². The smallest absolute Gasteiger partial charge is 0.137 e. The molecule has 2 aromatic carbocycles. The van der Waals surface area contributed by atoms with Crippen LogP contribution < -0.4 is 11.3 Å². The van der Waals surface area contributed by atoms with Crippen LogP contribution >= 0.6 is 31.9 Å². The molecule has 2 nitrogen and oxygen atoms in total. The zero-order chi connectivity index (χ0) is 14.7. The van der Waals surface area contributed by atoms with Gasteiger partial charge in [0.15, 0.2) is 0 Å². The van der Waals surface area contributed by atoms with E-state index in [0.29, 0.717) is 26.5 Å². The largest absolute Gasteiger partial charge is 0.271 e. The first-order valence-corrected chi connectivity index (χ1v) is 7.45. The second kappa shape index (κ2) is 6.76. The molecule has 1 atom stereocenters. The number of hydrazine groups is 1. The summed E-state index contributed by atoms with van der Waals surface area (Å²) in [6.45, 7) is 0. The van der Waals surface area contributed by atoms with Gasteiger partial charge >= 0.3 is 0 Å². The second-order valence-corrected chi connectivity index (χ2v) is 6.01. The van der Waals surface area contributed by atoms with Crippen LogP contribution in [0.5, 0.6) is 0 Å². The van der Waals surface area contributed by atoms with E-state index in [2.05, 4.69) is 37.3 Å². The van der Waals surface area contributed by atoms with Gasteiger partial charge in [0.1, 0.15) is 11.6 Å². The lowest BCUT2D eigenvalue weighted by Crippen LogP contribution is -2.30. The quantitative estimate of drug-likeness (QED) is 0.589. The van der Waals surface area contributed by atoms with Crippen molar-refractivity contribution in [3.63, 3.8) is 0 Å². The number of hydrogen-bond acceptors (Lipinski definition) is 2. The van der Waals surface area contributed by atoms with Gasteiger partial charge in [-0.3, -0.25) is 11.3 Å². The van der Waals surface area contributed by atoms with E-state index < -0.39 is 6.04 Å². The molecule has 0 amide bonds. The summed E-state index contributed by atoms with van der Waals surface area (Å²) >= 11 is 6.40. The Morgan fingerprint density at radius 1 is 1.10 bits per heavy atom. The standard InChI is InChI=1S/C14H12Br2F2N2/c15-9-5-4-8(12(18)7-9)6-13(20-19)10-2-1-3-11(17)14(10)16/h1-5,7,13,20H,6,19H2. The molecule has 0 saturated heterocycles. The van der Waals surface area contributed by atoms with Gasteiger partial charge in [-0.15, -0.1) is 0 Å². The van der Waals surface area contributed by atoms with Crippen LogP contribution in [0.25, 0.3) is 0 Å². The van der Waals surface area contributed by atoms with Crippen molar-refractivity contribution in [3.05, 3.63) is 68.1 Å². The van der Waals surface area contributed by atoms with E-state index >= 15 is 0 Å². The number of benzene rings is 2. The van der Waals surface area contributed by atoms with Crippen LogP contribution in [0.4, 0.5) is 8.78 Å². The minimum Gasteiger partial charge on any atom is -0.271 e. The summed E-state index contributed by atoms with van der Waals surface area (Å²) in [5, 5.41) is 0. The number of halogens is 4. The van der Waals surface area contributed by atoms with Crippen LogP contribution in [0, 0.1) is 11.6 Å². The maximum Gasteiger partial charge on any atom is 0.137 e. The molecule has 1 unspecified atom stereocenters. The molecule has 0 fully saturated rings. The highest BCUT2D eigenvalue weighted by Gasteiger charge is 2.17. The van der Waals surface area contributed by atoms with Gasteiger partial charge in [-0.1, -0.05) is 34.1 Å². The molecule has 20 heavy (non-hydrogen) atoms. The molecule has 0 aliphatic carbocycles. The zero-order valence-electron chi connectivity index (χ0n) is 10.3. The molecule has 0 bridgehead atoms. The topological polar surface area (TPSA) is 38.0 Å². The van der Waals surface area contributed by atoms with E-state index in [0.717, 1.165) is 0 Å². The highest BCUT2D eigenvalue weighted by Crippen LogP contribution is 2.29. The van der Waals surface area contributed by atoms with Gasteiger partial charge in [-0.25, -0.2) is 8.78 Å². The summed E-state index contributed by atoms with van der Waals surface area (Å²) in [7, 11) is 0. The Balaban J connectivity index is 2.31. The third-order valence-corrected chi connectivity index (χ3v) is 4.33. The van der Waals surface area contributed by atoms with Crippen LogP contribution in [0.15, 0.2) is 45.3 Å². The van der Waals surface area contributed by atoms with Crippen LogP contribution in [0.3, 0.4) is 0 Å². The molecule has 0 heterocycles. The third-order valence-electron chi connectivity index (χ3n) is 3.00. The molecule has 0 saturated carbocycles. The average Bonchev–Trinajstić information content (AvgIpc) is 2.42. The van der Waals surface area contributed by atoms with Crippen molar-refractivity contribution in [1.29, 1.82) is 0 Å². The molecule has 2 rings (SSSR count). The van der Waals surface area contributed by atoms with Gasteiger partial charge in [0, 0.05) is 4.47 Å². The maximum atomic E-state index is 13.9. The minimum absolute atomic E-state index is 0.317. The molecule has 6 heteroatoms. The van der Waals surface area contributed by atoms with Crippen molar-refractivity contribution in [3.8, 4) is 0 Å². The fourth-order valence-electron chi connectivity index (χ4n) is 1.96. The highest BCUT2D eigenvalue weighted by atomic mass is 79.9. The van der Waals surface area contributed by atoms with Gasteiger partial charge in [-0.2, -0.15) is 0 Å². The van der Waals surface area contributed by atoms with Gasteiger partial charge < -0.3 is 0 Å². The molecule has 0 spiro atoms. The molecular weight excluding hydrogens is 394 g/mol. The lowest BCUT2D eigenvalue weighted by atomic mass is 9.99. The van der Waals surface area contributed by atoms with Crippen molar-refractivity contribution >= 4 is 31.9 Å². The first kappa shape index (κ1) is 15.6. The van der Waals surface area contributed by atoms with Gasteiger partial charge in [-0.05, 0) is 51.7 Å². The Kier molecular flexibility index (Phi) is 5.26. The van der Waals surface area contributed by atoms with Gasteiger partial charge in [0.25, 0.3) is 0 Å². The maximum absolute atomic E-state index is 13.9. The summed E-state index contributed by atoms with van der Waals surface area (Å²) in [6, 6.07) is 9.12. The molecule has 0 aliphatic heterocycles. The lowest BCUT2D eigenvalue weighted by Gasteiger charge is -2.18. The summed E-state index contributed by atoms with van der Waals surface area (Å²) in [6.07, 6.45) is 0.317. The monoisotopic (exact) mass is 404 g/mol. The summed E-state index contributed by atoms with van der Waals surface area (Å²) in [5.41, 5.74) is 3.76. The van der Waals surface area contributed by atoms with Crippen LogP contribution in [-0.2, 0) is 6.42 Å². The molecule has 3 N–H and O–H groups in total. The Morgan fingerprint density at radius 3 is 2.50 bits per heavy atom. The number of nitrogens with two attached hydrogens (primary N) is 1. The number of nitrogens with one attached hydrogen (secondary N) is 1. The molecule has 0 radical (unpaired) electrons. The van der Waals surface area contributed by atoms with E-state index in [1.54, 1.807) is 24.3 Å². The van der Waals surface area contributed by atoms with Crippen molar-refractivity contribution in [2.45, 2.75) is 12.5 Å². The first-order valence-electron chi connectivity index (χ1n) is 5.87. The first-order chi connectivity index (χ1) is 9.52. The van der Waals surface area contributed by atoms with Crippen molar-refractivity contribution in [2.24, 2.45) is 5.84 Å². The predicted octanol–water partition coefficient (Wildman–Crippen LogP) is 4.24. The molecular formula is C14H12Br2F2N2. The Morgan fingerprint density at radius 2 is 1.85 bits per heavy atom. The van der Waals surface area contributed by atoms with E-state index in [4.69, 9.17) is 5.84 Å². The summed E-state index contributed by atoms with van der Waals surface area (Å²) < 4.78 is 28.4. The normalized spacial score (nSPS) is 12.4. The van der Waals surface area contributed by atoms with Crippen LogP contribution in [0.2, 0.25) is 0 Å². The van der Waals surface area contributed by atoms with Crippen molar-refractivity contribution < 1.29 is 8.78 Å². The minimum atomic E-state index is -0.393. The Bertz CT molecular complexity index is 620. The highest BCUT2D eigenvalue weighted by molar-refractivity contribution is 9.10. The van der Waals surface area contributed by atoms with E-state index in [9.17, 15) is 8.78 Å². The fourth-order valence-corrected chi connectivity index (χ4v) is 2.83. The Hall–Kier alpha value is -0.820. The summed E-state index contributed by atoms with van der Waals surface area (Å²) in [5.74, 6) is 4.82. The molecule has 0 aromatic heterocycles. The van der Waals surface area contributed by atoms with Crippen molar-refractivity contribution in [2.75, 3.05) is 0 Å². The van der Waals surface area contributed by atoms with Crippen LogP contribution in [0.1, 0.15) is 17.2 Å². The molecule has 0 aliphatic rings. The fraction of sp³-hybridized carbons (Fsp3) is 0.143. The van der Waals surface area contributed by atoms with Crippen molar-refractivity contribution in [1.82, 2.24) is 5.43 Å². The molecule has 2 aromatic rings. The number of hydrogen-bond donors (Lipinski definition) is 2. The SMILES string of the molecule is NNC(Cc1ccc(Br)cc1F)c1cccc(F)c1Br. The van der Waals surface area contributed by atoms with E-state index in [1.807, 2.05) is 0 Å². The van der Waals surface area contributed by atoms with E-state index in [1.165, 1.54) is 12.1 Å². The second-order valence-electron chi connectivity index (χ2n) is 4.30. The third kappa shape index (κ3) is 3.44. The predicted molar refractivity (Wildman–Crippen MR) is 82.0 cm³/mol. The van der Waals surface area contributed by atoms with Gasteiger partial charge in [0.05, 0.1) is 10.5 Å².